The normalized spacial score (nSPS) is 12.4. The van der Waals surface area contributed by atoms with Crippen molar-refractivity contribution in [1.82, 2.24) is 4.57 Å². The van der Waals surface area contributed by atoms with Gasteiger partial charge >= 0.3 is 5.97 Å². The molecule has 0 bridgehead atoms. The fraction of sp³-hybridized carbons (Fsp3) is 0.310. The van der Waals surface area contributed by atoms with Gasteiger partial charge in [0, 0.05) is 58.5 Å². The van der Waals surface area contributed by atoms with Crippen LogP contribution in [-0.2, 0) is 21.6 Å². The molecule has 7 heteroatoms. The lowest BCUT2D eigenvalue weighted by atomic mass is 9.82. The molecule has 3 aromatic carbocycles. The monoisotopic (exact) mass is 485 g/mol. The number of nitro benzene ring substituents is 1. The fourth-order valence-corrected chi connectivity index (χ4v) is 4.82. The van der Waals surface area contributed by atoms with Gasteiger partial charge in [-0.3, -0.25) is 10.1 Å². The number of non-ortho nitro benzene ring substituents is 1. The molecule has 0 aliphatic rings. The number of nitrogens with zero attached hydrogens (tertiary/aromatic N) is 3. The van der Waals surface area contributed by atoms with Gasteiger partial charge in [-0.2, -0.15) is 0 Å². The molecule has 1 aromatic heterocycles. The average molecular weight is 486 g/mol. The van der Waals surface area contributed by atoms with E-state index in [0.29, 0.717) is 5.71 Å². The summed E-state index contributed by atoms with van der Waals surface area (Å²) in [5.74, 6) is -0.506. The summed E-state index contributed by atoms with van der Waals surface area (Å²) in [5.41, 5.74) is 7.39. The van der Waals surface area contributed by atoms with Crippen LogP contribution in [0.5, 0.6) is 0 Å². The van der Waals surface area contributed by atoms with Crippen molar-refractivity contribution in [1.29, 1.82) is 0 Å². The van der Waals surface area contributed by atoms with Crippen LogP contribution < -0.4 is 0 Å². The molecular formula is C29H31N3O4. The van der Waals surface area contributed by atoms with E-state index in [9.17, 15) is 14.9 Å². The van der Waals surface area contributed by atoms with Gasteiger partial charge in [-0.1, -0.05) is 44.1 Å². The fourth-order valence-electron chi connectivity index (χ4n) is 4.82. The van der Waals surface area contributed by atoms with Gasteiger partial charge in [-0.25, -0.2) is 4.79 Å². The number of aromatic nitrogens is 1. The van der Waals surface area contributed by atoms with Crippen LogP contribution in [0, 0.1) is 24.0 Å². The van der Waals surface area contributed by atoms with Crippen molar-refractivity contribution < 1.29 is 14.6 Å². The Labute approximate surface area is 210 Å². The van der Waals surface area contributed by atoms with E-state index in [2.05, 4.69) is 42.6 Å². The molecule has 0 unspecified atom stereocenters. The zero-order valence-electron chi connectivity index (χ0n) is 21.8. The van der Waals surface area contributed by atoms with Crippen molar-refractivity contribution >= 4 is 39.2 Å². The van der Waals surface area contributed by atoms with Gasteiger partial charge in [-0.05, 0) is 61.1 Å². The molecule has 0 saturated heterocycles. The van der Waals surface area contributed by atoms with Gasteiger partial charge in [0.15, 0.2) is 0 Å². The van der Waals surface area contributed by atoms with E-state index in [0.717, 1.165) is 50.6 Å². The van der Waals surface area contributed by atoms with E-state index in [4.69, 9.17) is 4.84 Å². The molecule has 4 aromatic rings. The summed E-state index contributed by atoms with van der Waals surface area (Å²) in [6, 6.07) is 15.2. The number of hydrogen-bond donors (Lipinski definition) is 0. The molecular weight excluding hydrogens is 454 g/mol. The van der Waals surface area contributed by atoms with Gasteiger partial charge in [0.2, 0.25) is 0 Å². The number of hydrogen-bond acceptors (Lipinski definition) is 5. The van der Waals surface area contributed by atoms with Crippen LogP contribution in [-0.4, -0.2) is 21.2 Å². The summed E-state index contributed by atoms with van der Waals surface area (Å²) in [4.78, 5) is 27.9. The minimum Gasteiger partial charge on any atom is -0.341 e. The van der Waals surface area contributed by atoms with Gasteiger partial charge in [0.1, 0.15) is 5.71 Å². The van der Waals surface area contributed by atoms with Crippen LogP contribution in [0.4, 0.5) is 5.69 Å². The summed E-state index contributed by atoms with van der Waals surface area (Å²) in [5, 5.41) is 17.4. The Morgan fingerprint density at radius 1 is 1.00 bits per heavy atom. The standard InChI is InChI=1S/C29H31N3O4/c1-8-31-25-11-9-20(15-23(25)24-16-22(32(34)35)10-12-26(24)31)28(30-36-19(4)33)27-17(2)13-21(14-18(27)3)29(5,6)7/h9-16H,8H2,1-7H3/b30-28-. The summed E-state index contributed by atoms with van der Waals surface area (Å²) in [6.07, 6.45) is 0. The van der Waals surface area contributed by atoms with Crippen LogP contribution in [0.1, 0.15) is 62.4 Å². The molecule has 0 saturated carbocycles. The minimum atomic E-state index is -0.506. The number of oxime groups is 1. The van der Waals surface area contributed by atoms with Gasteiger partial charge in [-0.15, -0.1) is 0 Å². The molecule has 0 amide bonds. The topological polar surface area (TPSA) is 86.7 Å². The molecule has 0 spiro atoms. The molecule has 186 valence electrons. The van der Waals surface area contributed by atoms with Gasteiger partial charge in [0.25, 0.3) is 5.69 Å². The van der Waals surface area contributed by atoms with E-state index in [1.807, 2.05) is 39.0 Å². The van der Waals surface area contributed by atoms with Crippen LogP contribution in [0.2, 0.25) is 0 Å². The molecule has 0 fully saturated rings. The third-order valence-corrected chi connectivity index (χ3v) is 6.55. The lowest BCUT2D eigenvalue weighted by Gasteiger charge is -2.23. The van der Waals surface area contributed by atoms with Crippen molar-refractivity contribution in [3.8, 4) is 0 Å². The molecule has 0 radical (unpaired) electrons. The quantitative estimate of drug-likeness (QED) is 0.132. The third kappa shape index (κ3) is 4.49. The highest BCUT2D eigenvalue weighted by atomic mass is 16.7. The summed E-state index contributed by atoms with van der Waals surface area (Å²) < 4.78 is 2.13. The van der Waals surface area contributed by atoms with Crippen molar-refractivity contribution in [3.63, 3.8) is 0 Å². The number of carbonyl (C=O) groups is 1. The zero-order chi connectivity index (χ0) is 26.4. The first-order valence-corrected chi connectivity index (χ1v) is 12.0. The molecule has 0 aliphatic heterocycles. The number of carbonyl (C=O) groups excluding carboxylic acids is 1. The van der Waals surface area contributed by atoms with E-state index in [1.165, 1.54) is 18.6 Å². The Morgan fingerprint density at radius 2 is 1.58 bits per heavy atom. The first kappa shape index (κ1) is 25.1. The highest BCUT2D eigenvalue weighted by molar-refractivity contribution is 6.18. The molecule has 1 heterocycles. The summed E-state index contributed by atoms with van der Waals surface area (Å²) in [7, 11) is 0. The smallest absolute Gasteiger partial charge is 0.332 e. The maximum atomic E-state index is 11.7. The van der Waals surface area contributed by atoms with E-state index in [-0.39, 0.29) is 16.0 Å². The highest BCUT2D eigenvalue weighted by Crippen LogP contribution is 2.34. The maximum absolute atomic E-state index is 11.7. The third-order valence-electron chi connectivity index (χ3n) is 6.55. The largest absolute Gasteiger partial charge is 0.341 e. The van der Waals surface area contributed by atoms with Crippen molar-refractivity contribution in [2.24, 2.45) is 5.16 Å². The Bertz CT molecular complexity index is 1530. The molecule has 7 nitrogen and oxygen atoms in total. The number of benzene rings is 3. The van der Waals surface area contributed by atoms with Crippen molar-refractivity contribution in [3.05, 3.63) is 86.5 Å². The first-order chi connectivity index (χ1) is 16.9. The van der Waals surface area contributed by atoms with Gasteiger partial charge in [0.05, 0.1) is 4.92 Å². The van der Waals surface area contributed by atoms with Crippen LogP contribution in [0.3, 0.4) is 0 Å². The molecule has 0 atom stereocenters. The molecule has 0 N–H and O–H groups in total. The predicted molar refractivity (Wildman–Crippen MR) is 144 cm³/mol. The molecule has 36 heavy (non-hydrogen) atoms. The Balaban J connectivity index is 2.00. The van der Waals surface area contributed by atoms with E-state index < -0.39 is 5.97 Å². The first-order valence-electron chi connectivity index (χ1n) is 12.0. The van der Waals surface area contributed by atoms with Crippen LogP contribution >= 0.6 is 0 Å². The molecule has 4 rings (SSSR count). The SMILES string of the molecule is CCn1c2ccc(/C(=N/OC(C)=O)c3c(C)cc(C(C)(C)C)cc3C)cc2c2cc([N+](=O)[O-])ccc21. The van der Waals surface area contributed by atoms with Gasteiger partial charge < -0.3 is 9.40 Å². The Morgan fingerprint density at radius 3 is 2.11 bits per heavy atom. The van der Waals surface area contributed by atoms with Crippen molar-refractivity contribution in [2.75, 3.05) is 0 Å². The highest BCUT2D eigenvalue weighted by Gasteiger charge is 2.22. The Hall–Kier alpha value is -4.00. The minimum absolute atomic E-state index is 0.0170. The summed E-state index contributed by atoms with van der Waals surface area (Å²) >= 11 is 0. The van der Waals surface area contributed by atoms with Crippen LogP contribution in [0.15, 0.2) is 53.7 Å². The maximum Gasteiger partial charge on any atom is 0.332 e. The second-order valence-corrected chi connectivity index (χ2v) is 10.2. The molecule has 0 aliphatic carbocycles. The lowest BCUT2D eigenvalue weighted by molar-refractivity contribution is -0.384. The number of fused-ring (bicyclic) bond motifs is 3. The number of rotatable bonds is 5. The predicted octanol–water partition coefficient (Wildman–Crippen LogP) is 6.95. The van der Waals surface area contributed by atoms with E-state index in [1.54, 1.807) is 12.1 Å². The summed E-state index contributed by atoms with van der Waals surface area (Å²) in [6.45, 7) is 14.7. The van der Waals surface area contributed by atoms with Crippen LogP contribution in [0.25, 0.3) is 21.8 Å². The average Bonchev–Trinajstić information content (AvgIpc) is 3.12. The van der Waals surface area contributed by atoms with Crippen molar-refractivity contribution in [2.45, 2.75) is 60.4 Å². The van der Waals surface area contributed by atoms with E-state index >= 15 is 0 Å². The zero-order valence-corrected chi connectivity index (χ0v) is 21.8. The Kier molecular flexibility index (Phi) is 6.43. The second-order valence-electron chi connectivity index (χ2n) is 10.2. The number of nitro groups is 1. The second kappa shape index (κ2) is 9.22. The number of aryl methyl sites for hydroxylation is 3. The lowest BCUT2D eigenvalue weighted by Crippen LogP contribution is -2.15.